The number of rotatable bonds is 7. The molecule has 0 spiro atoms. The molecule has 3 aromatic rings. The van der Waals surface area contributed by atoms with Crippen molar-refractivity contribution in [2.24, 2.45) is 0 Å². The van der Waals surface area contributed by atoms with Gasteiger partial charge in [-0.05, 0) is 41.5 Å². The zero-order chi connectivity index (χ0) is 17.5. The second-order valence-corrected chi connectivity index (χ2v) is 6.50. The van der Waals surface area contributed by atoms with Crippen molar-refractivity contribution in [1.29, 1.82) is 0 Å². The van der Waals surface area contributed by atoms with Gasteiger partial charge in [0.25, 0.3) is 0 Å². The summed E-state index contributed by atoms with van der Waals surface area (Å²) in [5.74, 6) is 0.787. The van der Waals surface area contributed by atoms with E-state index in [-0.39, 0.29) is 0 Å². The fourth-order valence-corrected chi connectivity index (χ4v) is 2.94. The topological polar surface area (TPSA) is 25.8 Å². The van der Waals surface area contributed by atoms with Crippen molar-refractivity contribution in [3.63, 3.8) is 0 Å². The summed E-state index contributed by atoms with van der Waals surface area (Å²) in [6.07, 6.45) is 9.83. The first-order valence-electron chi connectivity index (χ1n) is 9.31. The molecule has 1 heterocycles. The minimum Gasteiger partial charge on any atom is -0.236 e. The molecule has 0 fully saturated rings. The van der Waals surface area contributed by atoms with Crippen LogP contribution in [0.15, 0.2) is 60.9 Å². The zero-order valence-electron chi connectivity index (χ0n) is 15.2. The number of aromatic nitrogens is 2. The van der Waals surface area contributed by atoms with Crippen molar-refractivity contribution in [1.82, 2.24) is 9.97 Å². The fraction of sp³-hybridized carbons (Fsp3) is 0.304. The van der Waals surface area contributed by atoms with Gasteiger partial charge in [0, 0.05) is 18.0 Å². The van der Waals surface area contributed by atoms with E-state index >= 15 is 0 Å². The highest BCUT2D eigenvalue weighted by Crippen LogP contribution is 2.24. The second kappa shape index (κ2) is 8.57. The molecular formula is C23H26N2. The summed E-state index contributed by atoms with van der Waals surface area (Å²) in [5, 5.41) is 0. The van der Waals surface area contributed by atoms with Gasteiger partial charge in [-0.15, -0.1) is 0 Å². The molecule has 0 amide bonds. The van der Waals surface area contributed by atoms with Gasteiger partial charge in [0.1, 0.15) is 0 Å². The molecule has 2 aromatic carbocycles. The van der Waals surface area contributed by atoms with Gasteiger partial charge in [0.2, 0.25) is 0 Å². The SMILES string of the molecule is CCCCCc1ccc(-c2ccc(-c3ncc(CC)cn3)cc2)cc1. The van der Waals surface area contributed by atoms with E-state index in [4.69, 9.17) is 0 Å². The smallest absolute Gasteiger partial charge is 0.159 e. The Balaban J connectivity index is 1.71. The molecule has 0 bridgehead atoms. The van der Waals surface area contributed by atoms with E-state index < -0.39 is 0 Å². The van der Waals surface area contributed by atoms with Crippen LogP contribution in [0.1, 0.15) is 44.2 Å². The Morgan fingerprint density at radius 3 is 1.76 bits per heavy atom. The first kappa shape index (κ1) is 17.3. The molecule has 0 saturated heterocycles. The van der Waals surface area contributed by atoms with Crippen molar-refractivity contribution in [2.75, 3.05) is 0 Å². The molecule has 0 unspecified atom stereocenters. The second-order valence-electron chi connectivity index (χ2n) is 6.50. The van der Waals surface area contributed by atoms with Crippen molar-refractivity contribution in [3.8, 4) is 22.5 Å². The predicted octanol–water partition coefficient (Wildman–Crippen LogP) is 6.11. The maximum Gasteiger partial charge on any atom is 0.159 e. The van der Waals surface area contributed by atoms with Gasteiger partial charge in [-0.25, -0.2) is 9.97 Å². The lowest BCUT2D eigenvalue weighted by Gasteiger charge is -2.06. The zero-order valence-corrected chi connectivity index (χ0v) is 15.2. The van der Waals surface area contributed by atoms with Gasteiger partial charge >= 0.3 is 0 Å². The lowest BCUT2D eigenvalue weighted by Crippen LogP contribution is -1.91. The van der Waals surface area contributed by atoms with Gasteiger partial charge in [0.15, 0.2) is 5.82 Å². The van der Waals surface area contributed by atoms with Crippen LogP contribution in [0, 0.1) is 0 Å². The predicted molar refractivity (Wildman–Crippen MR) is 106 cm³/mol. The van der Waals surface area contributed by atoms with E-state index in [1.54, 1.807) is 0 Å². The van der Waals surface area contributed by atoms with Gasteiger partial charge in [-0.2, -0.15) is 0 Å². The Morgan fingerprint density at radius 1 is 0.640 bits per heavy atom. The average molecular weight is 330 g/mol. The van der Waals surface area contributed by atoms with Crippen LogP contribution in [0.3, 0.4) is 0 Å². The third-order valence-corrected chi connectivity index (χ3v) is 4.61. The van der Waals surface area contributed by atoms with E-state index in [0.717, 1.165) is 17.8 Å². The largest absolute Gasteiger partial charge is 0.236 e. The minimum absolute atomic E-state index is 0.787. The Bertz CT molecular complexity index is 772. The Morgan fingerprint density at radius 2 is 1.20 bits per heavy atom. The molecule has 0 aliphatic heterocycles. The fourth-order valence-electron chi connectivity index (χ4n) is 2.94. The van der Waals surface area contributed by atoms with E-state index in [2.05, 4.69) is 72.3 Å². The quantitative estimate of drug-likeness (QED) is 0.489. The lowest BCUT2D eigenvalue weighted by molar-refractivity contribution is 0.717. The van der Waals surface area contributed by atoms with Crippen LogP contribution in [0.5, 0.6) is 0 Å². The first-order valence-corrected chi connectivity index (χ1v) is 9.31. The van der Waals surface area contributed by atoms with Gasteiger partial charge in [-0.1, -0.05) is 75.2 Å². The number of aryl methyl sites for hydroxylation is 2. The van der Waals surface area contributed by atoms with Crippen molar-refractivity contribution in [2.45, 2.75) is 46.0 Å². The molecule has 0 N–H and O–H groups in total. The van der Waals surface area contributed by atoms with Gasteiger partial charge < -0.3 is 0 Å². The third kappa shape index (κ3) is 4.54. The van der Waals surface area contributed by atoms with Crippen molar-refractivity contribution in [3.05, 3.63) is 72.1 Å². The summed E-state index contributed by atoms with van der Waals surface area (Å²) >= 11 is 0. The molecule has 0 aliphatic carbocycles. The van der Waals surface area contributed by atoms with Crippen LogP contribution in [0.4, 0.5) is 0 Å². The summed E-state index contributed by atoms with van der Waals surface area (Å²) in [4.78, 5) is 8.92. The molecule has 1 aromatic heterocycles. The van der Waals surface area contributed by atoms with Crippen LogP contribution in [0.25, 0.3) is 22.5 Å². The number of hydrogen-bond donors (Lipinski definition) is 0. The highest BCUT2D eigenvalue weighted by atomic mass is 14.9. The van der Waals surface area contributed by atoms with Gasteiger partial charge in [0.05, 0.1) is 0 Å². The summed E-state index contributed by atoms with van der Waals surface area (Å²) in [5.41, 5.74) is 6.14. The molecule has 2 heteroatoms. The third-order valence-electron chi connectivity index (χ3n) is 4.61. The standard InChI is InChI=1S/C23H26N2/c1-3-5-6-7-19-8-10-20(11-9-19)21-12-14-22(15-13-21)23-24-16-18(4-2)17-25-23/h8-17H,3-7H2,1-2H3. The number of nitrogens with zero attached hydrogens (tertiary/aromatic N) is 2. The number of hydrogen-bond acceptors (Lipinski definition) is 2. The molecule has 0 atom stereocenters. The van der Waals surface area contributed by atoms with E-state index in [1.165, 1.54) is 47.9 Å². The summed E-state index contributed by atoms with van der Waals surface area (Å²) in [7, 11) is 0. The maximum absolute atomic E-state index is 4.46. The van der Waals surface area contributed by atoms with E-state index in [0.29, 0.717) is 0 Å². The molecule has 3 rings (SSSR count). The Hall–Kier alpha value is -2.48. The van der Waals surface area contributed by atoms with Crippen LogP contribution >= 0.6 is 0 Å². The summed E-state index contributed by atoms with van der Waals surface area (Å²) < 4.78 is 0. The maximum atomic E-state index is 4.46. The highest BCUT2D eigenvalue weighted by Gasteiger charge is 2.03. The molecular weight excluding hydrogens is 304 g/mol. The Labute approximate surface area is 151 Å². The average Bonchev–Trinajstić information content (AvgIpc) is 2.69. The van der Waals surface area contributed by atoms with Crippen molar-refractivity contribution < 1.29 is 0 Å². The summed E-state index contributed by atoms with van der Waals surface area (Å²) in [6.45, 7) is 4.36. The number of unbranched alkanes of at least 4 members (excludes halogenated alkanes) is 2. The Kier molecular flexibility index (Phi) is 5.95. The number of benzene rings is 2. The first-order chi connectivity index (χ1) is 12.3. The molecule has 2 nitrogen and oxygen atoms in total. The van der Waals surface area contributed by atoms with Crippen molar-refractivity contribution >= 4 is 0 Å². The normalized spacial score (nSPS) is 10.8. The van der Waals surface area contributed by atoms with Crippen LogP contribution < -0.4 is 0 Å². The lowest BCUT2D eigenvalue weighted by atomic mass is 10.0. The molecule has 128 valence electrons. The summed E-state index contributed by atoms with van der Waals surface area (Å²) in [6, 6.07) is 17.5. The molecule has 0 saturated carbocycles. The monoisotopic (exact) mass is 330 g/mol. The molecule has 0 aliphatic rings. The van der Waals surface area contributed by atoms with Gasteiger partial charge in [-0.3, -0.25) is 0 Å². The molecule has 25 heavy (non-hydrogen) atoms. The molecule has 0 radical (unpaired) electrons. The van der Waals surface area contributed by atoms with E-state index in [1.807, 2.05) is 12.4 Å². The van der Waals surface area contributed by atoms with Crippen LogP contribution in [0.2, 0.25) is 0 Å². The van der Waals surface area contributed by atoms with E-state index in [9.17, 15) is 0 Å². The van der Waals surface area contributed by atoms with Crippen LogP contribution in [-0.4, -0.2) is 9.97 Å². The van der Waals surface area contributed by atoms with Crippen LogP contribution in [-0.2, 0) is 12.8 Å². The minimum atomic E-state index is 0.787. The highest BCUT2D eigenvalue weighted by molar-refractivity contribution is 5.67.